The molecule has 3 rings (SSSR count). The first kappa shape index (κ1) is 14.0. The van der Waals surface area contributed by atoms with Gasteiger partial charge >= 0.3 is 0 Å². The molecule has 1 aromatic carbocycles. The number of amides is 1. The average Bonchev–Trinajstić information content (AvgIpc) is 2.91. The number of hydrogen-bond acceptors (Lipinski definition) is 5. The molecule has 0 radical (unpaired) electrons. The fourth-order valence-electron chi connectivity index (χ4n) is 2.06. The van der Waals surface area contributed by atoms with Crippen molar-refractivity contribution >= 4 is 17.5 Å². The van der Waals surface area contributed by atoms with Crippen molar-refractivity contribution in [2.45, 2.75) is 12.5 Å². The van der Waals surface area contributed by atoms with Gasteiger partial charge in [0.25, 0.3) is 0 Å². The molecule has 1 unspecified atom stereocenters. The Hall–Kier alpha value is -1.99. The lowest BCUT2D eigenvalue weighted by Gasteiger charge is -2.20. The van der Waals surface area contributed by atoms with Crippen LogP contribution >= 0.6 is 11.6 Å². The molecule has 1 aromatic heterocycles. The molecule has 1 aliphatic heterocycles. The highest BCUT2D eigenvalue weighted by molar-refractivity contribution is 6.31. The van der Waals surface area contributed by atoms with Crippen molar-refractivity contribution in [3.8, 4) is 0 Å². The number of piperazine rings is 1. The molecule has 6 nitrogen and oxygen atoms in total. The Morgan fingerprint density at radius 2 is 2.33 bits per heavy atom. The van der Waals surface area contributed by atoms with E-state index in [1.807, 2.05) is 0 Å². The maximum Gasteiger partial charge on any atom is 0.245 e. The number of aromatic nitrogens is 2. The largest absolute Gasteiger partial charge is 0.353 e. The van der Waals surface area contributed by atoms with Crippen LogP contribution in [0.15, 0.2) is 22.7 Å². The van der Waals surface area contributed by atoms with E-state index in [0.717, 1.165) is 5.56 Å². The van der Waals surface area contributed by atoms with Crippen molar-refractivity contribution in [1.82, 2.24) is 20.8 Å². The van der Waals surface area contributed by atoms with Crippen LogP contribution in [0.4, 0.5) is 4.39 Å². The summed E-state index contributed by atoms with van der Waals surface area (Å²) in [5.41, 5.74) is 0.718. The summed E-state index contributed by atoms with van der Waals surface area (Å²) in [5, 5.41) is 9.91. The summed E-state index contributed by atoms with van der Waals surface area (Å²) < 4.78 is 18.2. The fourth-order valence-corrected chi connectivity index (χ4v) is 2.29. The summed E-state index contributed by atoms with van der Waals surface area (Å²) in [4.78, 5) is 15.3. The molecule has 0 bridgehead atoms. The van der Waals surface area contributed by atoms with Gasteiger partial charge in [0.1, 0.15) is 11.9 Å². The highest BCUT2D eigenvalue weighted by Gasteiger charge is 2.24. The van der Waals surface area contributed by atoms with Crippen molar-refractivity contribution in [2.24, 2.45) is 0 Å². The van der Waals surface area contributed by atoms with Crippen LogP contribution in [0.3, 0.4) is 0 Å². The van der Waals surface area contributed by atoms with E-state index < -0.39 is 0 Å². The Morgan fingerprint density at radius 1 is 1.48 bits per heavy atom. The van der Waals surface area contributed by atoms with Gasteiger partial charge in [0.05, 0.1) is 6.54 Å². The van der Waals surface area contributed by atoms with Gasteiger partial charge in [-0.25, -0.2) is 4.39 Å². The minimum absolute atomic E-state index is 0.0657. The second-order valence-corrected chi connectivity index (χ2v) is 5.11. The highest BCUT2D eigenvalue weighted by Crippen LogP contribution is 2.20. The van der Waals surface area contributed by atoms with E-state index in [2.05, 4.69) is 20.8 Å². The van der Waals surface area contributed by atoms with Gasteiger partial charge in [0.2, 0.25) is 11.8 Å². The predicted octanol–water partition coefficient (Wildman–Crippen LogP) is 1.21. The molecule has 8 heteroatoms. The Bertz CT molecular complexity index is 666. The summed E-state index contributed by atoms with van der Waals surface area (Å²) in [6, 6.07) is 3.97. The van der Waals surface area contributed by atoms with Crippen LogP contribution in [0, 0.1) is 5.82 Å². The van der Waals surface area contributed by atoms with Gasteiger partial charge in [-0.05, 0) is 17.7 Å². The lowest BCUT2D eigenvalue weighted by molar-refractivity contribution is -0.121. The highest BCUT2D eigenvalue weighted by atomic mass is 35.5. The topological polar surface area (TPSA) is 80.1 Å². The predicted molar refractivity (Wildman–Crippen MR) is 72.3 cm³/mol. The van der Waals surface area contributed by atoms with Crippen LogP contribution in [-0.4, -0.2) is 29.1 Å². The van der Waals surface area contributed by atoms with E-state index in [1.54, 1.807) is 6.07 Å². The maximum absolute atomic E-state index is 13.0. The third kappa shape index (κ3) is 3.20. The molecule has 0 spiro atoms. The maximum atomic E-state index is 13.0. The second-order valence-electron chi connectivity index (χ2n) is 4.70. The average molecular weight is 311 g/mol. The Balaban J connectivity index is 1.71. The minimum atomic E-state index is -0.389. The summed E-state index contributed by atoms with van der Waals surface area (Å²) in [6.07, 6.45) is 0.349. The Morgan fingerprint density at radius 3 is 3.05 bits per heavy atom. The van der Waals surface area contributed by atoms with Crippen LogP contribution in [-0.2, 0) is 11.2 Å². The minimum Gasteiger partial charge on any atom is -0.353 e. The zero-order valence-electron chi connectivity index (χ0n) is 10.9. The van der Waals surface area contributed by atoms with Crippen molar-refractivity contribution in [3.05, 3.63) is 46.3 Å². The molecule has 1 fully saturated rings. The van der Waals surface area contributed by atoms with Crippen molar-refractivity contribution in [2.75, 3.05) is 13.1 Å². The quantitative estimate of drug-likeness (QED) is 0.891. The molecule has 110 valence electrons. The molecule has 1 amide bonds. The lowest BCUT2D eigenvalue weighted by atomic mass is 10.1. The first-order valence-corrected chi connectivity index (χ1v) is 6.76. The molecule has 2 N–H and O–H groups in total. The zero-order chi connectivity index (χ0) is 14.8. The number of rotatable bonds is 3. The number of hydrogen-bond donors (Lipinski definition) is 2. The molecular weight excluding hydrogens is 299 g/mol. The number of halogens is 2. The molecule has 0 saturated carbocycles. The standard InChI is InChI=1S/C13H12ClFN4O2/c14-9-4-8(15)2-1-7(9)3-11-18-13(21-19-11)10-5-17-12(20)6-16-10/h1-2,4,10,16H,3,5-6H2,(H,17,20). The first-order valence-electron chi connectivity index (χ1n) is 6.38. The smallest absolute Gasteiger partial charge is 0.245 e. The molecule has 1 saturated heterocycles. The van der Waals surface area contributed by atoms with Gasteiger partial charge in [-0.3, -0.25) is 10.1 Å². The summed E-state index contributed by atoms with van der Waals surface area (Å²) >= 11 is 5.96. The number of carbonyl (C=O) groups is 1. The van der Waals surface area contributed by atoms with Gasteiger partial charge in [-0.15, -0.1) is 0 Å². The van der Waals surface area contributed by atoms with Crippen LogP contribution in [0.2, 0.25) is 5.02 Å². The summed E-state index contributed by atoms with van der Waals surface area (Å²) in [6.45, 7) is 0.615. The number of carbonyl (C=O) groups excluding carboxylic acids is 1. The Kier molecular flexibility index (Phi) is 3.85. The Labute approximate surface area is 124 Å². The lowest BCUT2D eigenvalue weighted by Crippen LogP contribution is -2.47. The van der Waals surface area contributed by atoms with Gasteiger partial charge in [-0.2, -0.15) is 4.98 Å². The molecule has 21 heavy (non-hydrogen) atoms. The third-order valence-electron chi connectivity index (χ3n) is 3.16. The van der Waals surface area contributed by atoms with Gasteiger partial charge in [0, 0.05) is 18.0 Å². The molecular formula is C13H12ClFN4O2. The molecule has 1 aliphatic rings. The van der Waals surface area contributed by atoms with E-state index in [4.69, 9.17) is 16.1 Å². The first-order chi connectivity index (χ1) is 10.1. The van der Waals surface area contributed by atoms with Gasteiger partial charge in [-0.1, -0.05) is 22.8 Å². The van der Waals surface area contributed by atoms with E-state index in [9.17, 15) is 9.18 Å². The van der Waals surface area contributed by atoms with Crippen molar-refractivity contribution in [3.63, 3.8) is 0 Å². The van der Waals surface area contributed by atoms with Crippen molar-refractivity contribution in [1.29, 1.82) is 0 Å². The monoisotopic (exact) mass is 310 g/mol. The van der Waals surface area contributed by atoms with Crippen LogP contribution in [0.1, 0.15) is 23.3 Å². The van der Waals surface area contributed by atoms with Gasteiger partial charge in [0.15, 0.2) is 5.82 Å². The van der Waals surface area contributed by atoms with Crippen LogP contribution in [0.25, 0.3) is 0 Å². The summed E-state index contributed by atoms with van der Waals surface area (Å²) in [5.74, 6) is 0.407. The number of nitrogens with zero attached hydrogens (tertiary/aromatic N) is 2. The zero-order valence-corrected chi connectivity index (χ0v) is 11.7. The summed E-state index contributed by atoms with van der Waals surface area (Å²) in [7, 11) is 0. The van der Waals surface area contributed by atoms with E-state index in [1.165, 1.54) is 12.1 Å². The third-order valence-corrected chi connectivity index (χ3v) is 3.51. The van der Waals surface area contributed by atoms with E-state index in [0.29, 0.717) is 29.7 Å². The van der Waals surface area contributed by atoms with E-state index in [-0.39, 0.29) is 24.3 Å². The molecule has 2 aromatic rings. The molecule has 2 heterocycles. The molecule has 0 aliphatic carbocycles. The SMILES string of the molecule is O=C1CNC(c2nc(Cc3ccc(F)cc3Cl)no2)CN1. The molecule has 1 atom stereocenters. The van der Waals surface area contributed by atoms with Crippen molar-refractivity contribution < 1.29 is 13.7 Å². The van der Waals surface area contributed by atoms with Crippen LogP contribution in [0.5, 0.6) is 0 Å². The van der Waals surface area contributed by atoms with Gasteiger partial charge < -0.3 is 9.84 Å². The fraction of sp³-hybridized carbons (Fsp3) is 0.308. The normalized spacial score (nSPS) is 18.6. The van der Waals surface area contributed by atoms with Crippen LogP contribution < -0.4 is 10.6 Å². The second kappa shape index (κ2) is 5.79. The van der Waals surface area contributed by atoms with E-state index >= 15 is 0 Å². The number of nitrogens with one attached hydrogen (secondary N) is 2. The number of benzene rings is 1.